The van der Waals surface area contributed by atoms with Gasteiger partial charge in [0, 0.05) is 37.6 Å². The average Bonchev–Trinajstić information content (AvgIpc) is 3.15. The number of hydrogen-bond acceptors (Lipinski definition) is 3. The number of hydrogen-bond donors (Lipinski definition) is 0. The Hall–Kier alpha value is -4.37. The van der Waals surface area contributed by atoms with Crippen LogP contribution in [0.1, 0.15) is 42.1 Å². The van der Waals surface area contributed by atoms with Gasteiger partial charge in [-0.1, -0.05) is 84.6 Å². The molecule has 0 aliphatic carbocycles. The fourth-order valence-corrected chi connectivity index (χ4v) is 5.41. The Morgan fingerprint density at radius 2 is 1.41 bits per heavy atom. The van der Waals surface area contributed by atoms with E-state index in [0.717, 1.165) is 50.8 Å². The van der Waals surface area contributed by atoms with Gasteiger partial charge < -0.3 is 14.7 Å². The van der Waals surface area contributed by atoms with Crippen LogP contribution in [0.15, 0.2) is 109 Å². The molecular weight excluding hydrogens is 717 g/mol. The number of fused-ring (bicyclic) bond motifs is 5. The fourth-order valence-electron chi connectivity index (χ4n) is 5.41. The molecule has 4 heteroatoms. The monoisotopic (exact) mass is 751 g/mol. The molecule has 1 radical (unpaired) electrons. The summed E-state index contributed by atoms with van der Waals surface area (Å²) in [6.07, 6.45) is 1.87. The van der Waals surface area contributed by atoms with Crippen molar-refractivity contribution in [2.24, 2.45) is 0 Å². The zero-order valence-electron chi connectivity index (χ0n) is 25.6. The molecular formula is C40H34IrN2O-2. The van der Waals surface area contributed by atoms with Gasteiger partial charge >= 0.3 is 0 Å². The van der Waals surface area contributed by atoms with Crippen molar-refractivity contribution >= 4 is 0 Å². The zero-order valence-corrected chi connectivity index (χ0v) is 28.0. The molecule has 3 heterocycles. The van der Waals surface area contributed by atoms with Crippen LogP contribution in [0, 0.1) is 32.9 Å². The molecule has 0 amide bonds. The Balaban J connectivity index is 0.000000216. The largest absolute Gasteiger partial charge is 0.476 e. The van der Waals surface area contributed by atoms with Crippen molar-refractivity contribution < 1.29 is 24.8 Å². The smallest absolute Gasteiger partial charge is 0.132 e. The van der Waals surface area contributed by atoms with Gasteiger partial charge in [-0.05, 0) is 73.5 Å². The number of aromatic nitrogens is 2. The summed E-state index contributed by atoms with van der Waals surface area (Å²) in [6.45, 7) is 10.6. The molecule has 0 fully saturated rings. The molecule has 44 heavy (non-hydrogen) atoms. The zero-order chi connectivity index (χ0) is 29.9. The molecule has 0 spiro atoms. The average molecular weight is 751 g/mol. The van der Waals surface area contributed by atoms with Crippen LogP contribution in [0.25, 0.3) is 44.8 Å². The first-order valence-corrected chi connectivity index (χ1v) is 14.7. The van der Waals surface area contributed by atoms with Crippen LogP contribution in [0.3, 0.4) is 0 Å². The minimum atomic E-state index is 0. The van der Waals surface area contributed by atoms with Gasteiger partial charge in [-0.25, -0.2) is 0 Å². The van der Waals surface area contributed by atoms with Gasteiger partial charge in [-0.3, -0.25) is 0 Å². The summed E-state index contributed by atoms with van der Waals surface area (Å²) in [5.41, 5.74) is 13.2. The Kier molecular flexibility index (Phi) is 9.54. The minimum absolute atomic E-state index is 0. The summed E-state index contributed by atoms with van der Waals surface area (Å²) >= 11 is 0. The molecule has 0 unspecified atom stereocenters. The van der Waals surface area contributed by atoms with Gasteiger partial charge in [0.2, 0.25) is 0 Å². The number of nitrogens with zero attached hydrogens (tertiary/aromatic N) is 2. The number of pyridine rings is 2. The van der Waals surface area contributed by atoms with E-state index in [1.54, 1.807) is 0 Å². The van der Waals surface area contributed by atoms with E-state index in [0.29, 0.717) is 5.92 Å². The van der Waals surface area contributed by atoms with Gasteiger partial charge in [0.15, 0.2) is 0 Å². The first-order chi connectivity index (χ1) is 20.9. The third-order valence-corrected chi connectivity index (χ3v) is 7.58. The molecule has 221 valence electrons. The second-order valence-corrected chi connectivity index (χ2v) is 11.3. The molecule has 7 rings (SSSR count). The van der Waals surface area contributed by atoms with Crippen LogP contribution in [-0.2, 0) is 20.1 Å². The van der Waals surface area contributed by atoms with Gasteiger partial charge in [0.1, 0.15) is 5.75 Å². The van der Waals surface area contributed by atoms with Crippen molar-refractivity contribution in [3.8, 4) is 56.3 Å². The van der Waals surface area contributed by atoms with Crippen LogP contribution in [-0.4, -0.2) is 9.97 Å². The van der Waals surface area contributed by atoms with E-state index >= 15 is 0 Å². The normalized spacial score (nSPS) is 11.0. The van der Waals surface area contributed by atoms with Crippen molar-refractivity contribution in [3.05, 3.63) is 144 Å². The molecule has 0 N–H and O–H groups in total. The molecule has 3 nitrogen and oxygen atoms in total. The van der Waals surface area contributed by atoms with Crippen molar-refractivity contribution in [2.45, 2.75) is 40.5 Å². The van der Waals surface area contributed by atoms with Crippen LogP contribution < -0.4 is 4.74 Å². The molecule has 1 aliphatic heterocycles. The Labute approximate surface area is 274 Å². The van der Waals surface area contributed by atoms with Gasteiger partial charge in [0.25, 0.3) is 0 Å². The summed E-state index contributed by atoms with van der Waals surface area (Å²) in [5, 5.41) is 0. The van der Waals surface area contributed by atoms with Crippen molar-refractivity contribution in [2.75, 3.05) is 0 Å². The van der Waals surface area contributed by atoms with Crippen molar-refractivity contribution in [3.63, 3.8) is 0 Å². The third-order valence-electron chi connectivity index (χ3n) is 7.58. The molecule has 4 aromatic carbocycles. The van der Waals surface area contributed by atoms with E-state index < -0.39 is 0 Å². The van der Waals surface area contributed by atoms with Crippen LogP contribution in [0.4, 0.5) is 0 Å². The van der Waals surface area contributed by atoms with E-state index in [1.807, 2.05) is 43.5 Å². The summed E-state index contributed by atoms with van der Waals surface area (Å²) in [7, 11) is 0. The molecule has 0 saturated carbocycles. The maximum Gasteiger partial charge on any atom is 0.132 e. The number of aryl methyl sites for hydroxylation is 3. The summed E-state index contributed by atoms with van der Waals surface area (Å²) in [6, 6.07) is 41.8. The predicted molar refractivity (Wildman–Crippen MR) is 176 cm³/mol. The van der Waals surface area contributed by atoms with Gasteiger partial charge in [-0.15, -0.1) is 53.6 Å². The Morgan fingerprint density at radius 3 is 2.14 bits per heavy atom. The predicted octanol–water partition coefficient (Wildman–Crippen LogP) is 10.6. The maximum atomic E-state index is 6.43. The number of ether oxygens (including phenoxy) is 1. The number of benzene rings is 4. The fraction of sp³-hybridized carbons (Fsp3) is 0.150. The van der Waals surface area contributed by atoms with E-state index in [4.69, 9.17) is 4.74 Å². The van der Waals surface area contributed by atoms with E-state index in [2.05, 4.69) is 123 Å². The summed E-state index contributed by atoms with van der Waals surface area (Å²) in [5.74, 6) is 2.17. The Bertz CT molecular complexity index is 1890. The standard InChI is InChI=1S/C27H22NO.C13H12N.Ir/c1-17(2)19-12-13-28-25(15-19)20-9-10-23-21-6-4-5-7-22(21)24-14-18(3)8-11-26(24)29-27(23)16-20;1-10-8-11(2)14-13(9-10)12-6-4-3-5-7-12;/h4-8,10-17H,1-3H3;3-6,8-9H,1-2H3;/q2*-1;. The van der Waals surface area contributed by atoms with Crippen molar-refractivity contribution in [1.82, 2.24) is 9.97 Å². The second-order valence-electron chi connectivity index (χ2n) is 11.3. The van der Waals surface area contributed by atoms with Crippen LogP contribution >= 0.6 is 0 Å². The molecule has 0 atom stereocenters. The third kappa shape index (κ3) is 6.73. The first kappa shape index (κ1) is 31.1. The quantitative estimate of drug-likeness (QED) is 0.169. The second kappa shape index (κ2) is 13.5. The molecule has 0 saturated heterocycles. The first-order valence-electron chi connectivity index (χ1n) is 14.7. The van der Waals surface area contributed by atoms with Crippen LogP contribution in [0.2, 0.25) is 0 Å². The van der Waals surface area contributed by atoms with Crippen molar-refractivity contribution in [1.29, 1.82) is 0 Å². The topological polar surface area (TPSA) is 35.0 Å². The summed E-state index contributed by atoms with van der Waals surface area (Å²) < 4.78 is 6.43. The van der Waals surface area contributed by atoms with Gasteiger partial charge in [0.05, 0.1) is 5.75 Å². The van der Waals surface area contributed by atoms with E-state index in [-0.39, 0.29) is 20.1 Å². The summed E-state index contributed by atoms with van der Waals surface area (Å²) in [4.78, 5) is 9.05. The number of rotatable bonds is 3. The van der Waals surface area contributed by atoms with E-state index in [1.165, 1.54) is 27.8 Å². The molecule has 2 aromatic heterocycles. The minimum Gasteiger partial charge on any atom is -0.476 e. The van der Waals surface area contributed by atoms with Gasteiger partial charge in [-0.2, -0.15) is 0 Å². The maximum absolute atomic E-state index is 6.43. The van der Waals surface area contributed by atoms with E-state index in [9.17, 15) is 0 Å². The Morgan fingerprint density at radius 1 is 0.636 bits per heavy atom. The van der Waals surface area contributed by atoms with Crippen LogP contribution in [0.5, 0.6) is 11.5 Å². The molecule has 0 bridgehead atoms. The molecule has 6 aromatic rings. The molecule has 1 aliphatic rings. The SMILES string of the molecule is Cc1cc(C)nc(-c2[c-]cccc2)c1.Cc1ccc2c(c1)-c1ccccc1-c1c[c-]c(-c3cc(C(C)C)ccn3)cc1O2.[Ir].